The van der Waals surface area contributed by atoms with Crippen LogP contribution in [-0.2, 0) is 0 Å². The van der Waals surface area contributed by atoms with Gasteiger partial charge in [0.2, 0.25) is 5.78 Å². The number of aliphatic imine (C=N–C) groups is 2. The molecule has 0 fully saturated rings. The first kappa shape index (κ1) is 10.8. The number of hydrogen-bond donors (Lipinski definition) is 0. The van der Waals surface area contributed by atoms with Crippen LogP contribution in [0.4, 0.5) is 0 Å². The van der Waals surface area contributed by atoms with Crippen molar-refractivity contribution >= 4 is 35.0 Å². The Balaban J connectivity index is 2.08. The highest BCUT2D eigenvalue weighted by atomic mass is 35.5. The second-order valence-corrected chi connectivity index (χ2v) is 4.98. The number of aromatic nitrogens is 1. The first-order valence-corrected chi connectivity index (χ1v) is 6.36. The summed E-state index contributed by atoms with van der Waals surface area (Å²) in [6.45, 7) is 0. The fourth-order valence-corrected chi connectivity index (χ4v) is 2.94. The Kier molecular flexibility index (Phi) is 2.11. The molecule has 1 aromatic heterocycles. The van der Waals surface area contributed by atoms with Crippen LogP contribution in [0.3, 0.4) is 0 Å². The van der Waals surface area contributed by atoms with Gasteiger partial charge in [-0.2, -0.15) is 0 Å². The molecule has 1 atom stereocenters. The Morgan fingerprint density at radius 2 is 2.26 bits per heavy atom. The number of fused-ring (bicyclic) bond motifs is 2. The maximum Gasteiger partial charge on any atom is 0.230 e. The predicted octanol–water partition coefficient (Wildman–Crippen LogP) is 2.61. The highest BCUT2D eigenvalue weighted by molar-refractivity contribution is 6.55. The Bertz CT molecular complexity index is 743. The van der Waals surface area contributed by atoms with Crippen molar-refractivity contribution < 1.29 is 4.79 Å². The number of carbonyl (C=O) groups excluding carboxylic acids is 1. The average Bonchev–Trinajstić information content (AvgIpc) is 2.44. The lowest BCUT2D eigenvalue weighted by atomic mass is 9.79. The topological polar surface area (TPSA) is 54.7 Å². The maximum atomic E-state index is 12.5. The second kappa shape index (κ2) is 3.71. The SMILES string of the molecule is O=C1C2=NC(Cl)=CC3CC=NC(=C23)c2cccnc21. The molecule has 2 aliphatic heterocycles. The Labute approximate surface area is 114 Å². The van der Waals surface area contributed by atoms with E-state index in [4.69, 9.17) is 11.6 Å². The van der Waals surface area contributed by atoms with Crippen LogP contribution in [0.25, 0.3) is 5.70 Å². The summed E-state index contributed by atoms with van der Waals surface area (Å²) in [4.78, 5) is 25.3. The molecule has 1 aromatic rings. The van der Waals surface area contributed by atoms with Gasteiger partial charge in [0.05, 0.1) is 5.70 Å². The van der Waals surface area contributed by atoms with Gasteiger partial charge in [0.15, 0.2) is 0 Å². The largest absolute Gasteiger partial charge is 0.285 e. The molecule has 1 aliphatic carbocycles. The molecule has 4 rings (SSSR count). The quantitative estimate of drug-likeness (QED) is 0.680. The number of nitrogens with zero attached hydrogens (tertiary/aromatic N) is 3. The summed E-state index contributed by atoms with van der Waals surface area (Å²) in [5, 5.41) is 0.367. The van der Waals surface area contributed by atoms with E-state index in [0.717, 1.165) is 23.3 Å². The lowest BCUT2D eigenvalue weighted by Crippen LogP contribution is -2.31. The zero-order chi connectivity index (χ0) is 13.0. The monoisotopic (exact) mass is 269 g/mol. The van der Waals surface area contributed by atoms with Crippen LogP contribution < -0.4 is 0 Å². The number of pyridine rings is 1. The third-order valence-electron chi connectivity index (χ3n) is 3.51. The molecule has 0 bridgehead atoms. The molecule has 5 heteroatoms. The molecule has 3 aliphatic rings. The van der Waals surface area contributed by atoms with Gasteiger partial charge in [0.25, 0.3) is 0 Å². The van der Waals surface area contributed by atoms with Crippen molar-refractivity contribution in [3.63, 3.8) is 0 Å². The minimum atomic E-state index is -0.164. The normalized spacial score (nSPS) is 23.6. The van der Waals surface area contributed by atoms with Crippen molar-refractivity contribution in [2.75, 3.05) is 0 Å². The van der Waals surface area contributed by atoms with E-state index < -0.39 is 0 Å². The highest BCUT2D eigenvalue weighted by Crippen LogP contribution is 2.40. The van der Waals surface area contributed by atoms with Crippen LogP contribution in [0, 0.1) is 5.92 Å². The summed E-state index contributed by atoms with van der Waals surface area (Å²) in [5.74, 6) is -0.0764. The third-order valence-corrected chi connectivity index (χ3v) is 3.72. The van der Waals surface area contributed by atoms with Crippen LogP contribution in [0.5, 0.6) is 0 Å². The van der Waals surface area contributed by atoms with Gasteiger partial charge >= 0.3 is 0 Å². The van der Waals surface area contributed by atoms with Crippen LogP contribution in [-0.4, -0.2) is 22.7 Å². The number of rotatable bonds is 0. The van der Waals surface area contributed by atoms with Gasteiger partial charge in [-0.1, -0.05) is 11.6 Å². The summed E-state index contributed by atoms with van der Waals surface area (Å²) in [7, 11) is 0. The van der Waals surface area contributed by atoms with Crippen molar-refractivity contribution in [2.24, 2.45) is 15.9 Å². The molecule has 19 heavy (non-hydrogen) atoms. The number of hydrogen-bond acceptors (Lipinski definition) is 4. The van der Waals surface area contributed by atoms with Crippen molar-refractivity contribution in [3.8, 4) is 0 Å². The first-order valence-electron chi connectivity index (χ1n) is 5.99. The van der Waals surface area contributed by atoms with E-state index in [1.54, 1.807) is 6.20 Å². The van der Waals surface area contributed by atoms with Crippen molar-refractivity contribution in [2.45, 2.75) is 6.42 Å². The van der Waals surface area contributed by atoms with Gasteiger partial charge in [-0.25, -0.2) is 4.99 Å². The summed E-state index contributed by atoms with van der Waals surface area (Å²) in [5.41, 5.74) is 3.28. The standard InChI is InChI=1S/C14H8ClN3O/c15-9-6-7-3-5-17-11-8-2-1-4-16-12(8)14(19)13(18-9)10(7)11/h1-2,4-7H,3H2. The second-order valence-electron chi connectivity index (χ2n) is 4.59. The van der Waals surface area contributed by atoms with E-state index in [1.807, 2.05) is 24.4 Å². The number of allylic oxidation sites excluding steroid dienone is 2. The number of carbonyl (C=O) groups is 1. The van der Waals surface area contributed by atoms with Gasteiger partial charge in [0, 0.05) is 29.5 Å². The molecule has 4 nitrogen and oxygen atoms in total. The number of halogens is 1. The van der Waals surface area contributed by atoms with E-state index >= 15 is 0 Å². The molecule has 0 N–H and O–H groups in total. The summed E-state index contributed by atoms with van der Waals surface area (Å²) in [6.07, 6.45) is 6.09. The van der Waals surface area contributed by atoms with Crippen LogP contribution >= 0.6 is 11.6 Å². The lowest BCUT2D eigenvalue weighted by molar-refractivity contribution is 0.106. The Morgan fingerprint density at radius 1 is 1.37 bits per heavy atom. The molecule has 0 saturated heterocycles. The van der Waals surface area contributed by atoms with Gasteiger partial charge in [-0.05, 0) is 24.6 Å². The maximum absolute atomic E-state index is 12.5. The Morgan fingerprint density at radius 3 is 3.16 bits per heavy atom. The van der Waals surface area contributed by atoms with Gasteiger partial charge in [-0.3, -0.25) is 14.8 Å². The zero-order valence-corrected chi connectivity index (χ0v) is 10.6. The number of Topliss-reactive ketones (excluding diaryl/α,β-unsaturated/α-hetero) is 1. The van der Waals surface area contributed by atoms with Crippen LogP contribution in [0.15, 0.2) is 45.1 Å². The molecular weight excluding hydrogens is 262 g/mol. The van der Waals surface area contributed by atoms with E-state index in [-0.39, 0.29) is 11.7 Å². The molecule has 0 radical (unpaired) electrons. The van der Waals surface area contributed by atoms with Crippen molar-refractivity contribution in [1.82, 2.24) is 4.98 Å². The van der Waals surface area contributed by atoms with E-state index in [2.05, 4.69) is 15.0 Å². The molecular formula is C14H8ClN3O. The van der Waals surface area contributed by atoms with E-state index in [1.165, 1.54) is 0 Å². The molecule has 92 valence electrons. The van der Waals surface area contributed by atoms with E-state index in [9.17, 15) is 4.79 Å². The molecule has 0 aromatic carbocycles. The molecule has 1 unspecified atom stereocenters. The first-order chi connectivity index (χ1) is 9.25. The molecule has 0 spiro atoms. The molecule has 0 saturated carbocycles. The molecule has 3 heterocycles. The number of ketones is 1. The van der Waals surface area contributed by atoms with Crippen LogP contribution in [0.2, 0.25) is 0 Å². The van der Waals surface area contributed by atoms with E-state index in [0.29, 0.717) is 16.6 Å². The average molecular weight is 270 g/mol. The summed E-state index contributed by atoms with van der Waals surface area (Å²) in [6, 6.07) is 3.69. The van der Waals surface area contributed by atoms with Crippen LogP contribution in [0.1, 0.15) is 22.5 Å². The predicted molar refractivity (Wildman–Crippen MR) is 73.5 cm³/mol. The smallest absolute Gasteiger partial charge is 0.230 e. The highest BCUT2D eigenvalue weighted by Gasteiger charge is 2.38. The van der Waals surface area contributed by atoms with Crippen molar-refractivity contribution in [1.29, 1.82) is 0 Å². The summed E-state index contributed by atoms with van der Waals surface area (Å²) < 4.78 is 0. The fraction of sp³-hybridized carbons (Fsp3) is 0.143. The Hall–Kier alpha value is -2.07. The minimum Gasteiger partial charge on any atom is -0.285 e. The summed E-state index contributed by atoms with van der Waals surface area (Å²) >= 11 is 6.01. The lowest BCUT2D eigenvalue weighted by Gasteiger charge is -2.29. The minimum absolute atomic E-state index is 0.0878. The van der Waals surface area contributed by atoms with Gasteiger partial charge in [0.1, 0.15) is 16.6 Å². The van der Waals surface area contributed by atoms with Gasteiger partial charge < -0.3 is 0 Å². The fourth-order valence-electron chi connectivity index (χ4n) is 2.71. The zero-order valence-electron chi connectivity index (χ0n) is 9.80. The third kappa shape index (κ3) is 1.40. The molecule has 0 amide bonds. The van der Waals surface area contributed by atoms with Gasteiger partial charge in [-0.15, -0.1) is 0 Å². The van der Waals surface area contributed by atoms with Crippen molar-refractivity contribution in [3.05, 3.63) is 46.4 Å².